The van der Waals surface area contributed by atoms with Crippen LogP contribution < -0.4 is 10.6 Å². The van der Waals surface area contributed by atoms with Crippen molar-refractivity contribution in [3.63, 3.8) is 0 Å². The van der Waals surface area contributed by atoms with Crippen molar-refractivity contribution in [2.45, 2.75) is 72.1 Å². The summed E-state index contributed by atoms with van der Waals surface area (Å²) in [6.07, 6.45) is 6.14. The number of hydrogen-bond donors (Lipinski definition) is 2. The van der Waals surface area contributed by atoms with E-state index >= 15 is 0 Å². The topological polar surface area (TPSA) is 49.8 Å². The van der Waals surface area contributed by atoms with Crippen LogP contribution in [0.2, 0.25) is 0 Å². The van der Waals surface area contributed by atoms with Gasteiger partial charge in [-0.05, 0) is 12.8 Å². The molecule has 0 aromatic carbocycles. The second-order valence-corrected chi connectivity index (χ2v) is 6.63. The highest BCUT2D eigenvalue weighted by molar-refractivity contribution is 5.48. The molecule has 0 aliphatic carbocycles. The minimum Gasteiger partial charge on any atom is -0.370 e. The van der Waals surface area contributed by atoms with Gasteiger partial charge in [0, 0.05) is 24.6 Å². The quantitative estimate of drug-likeness (QED) is 0.654. The molecule has 0 saturated carbocycles. The number of anilines is 2. The fraction of sp³-hybridized carbons (Fsp3) is 0.765. The molecule has 120 valence electrons. The lowest BCUT2D eigenvalue weighted by Gasteiger charge is -2.19. The first-order valence-corrected chi connectivity index (χ1v) is 8.34. The fourth-order valence-electron chi connectivity index (χ4n) is 1.99. The van der Waals surface area contributed by atoms with Crippen molar-refractivity contribution in [3.05, 3.63) is 11.9 Å². The molecule has 0 spiro atoms. The largest absolute Gasteiger partial charge is 0.370 e. The smallest absolute Gasteiger partial charge is 0.138 e. The van der Waals surface area contributed by atoms with Crippen LogP contribution in [0.15, 0.2) is 6.07 Å². The number of hydrogen-bond acceptors (Lipinski definition) is 4. The number of rotatable bonds is 9. The Morgan fingerprint density at radius 2 is 1.48 bits per heavy atom. The molecule has 1 heterocycles. The standard InChI is InChI=1S/C17H32N4/c1-6-8-9-10-12-19-15-13-14(18-11-7-2)20-16(21-15)17(3,4)5/h13H,6-12H2,1-5H3,(H2,18,19,20,21). The van der Waals surface area contributed by atoms with E-state index in [1.54, 1.807) is 0 Å². The molecule has 0 amide bonds. The highest BCUT2D eigenvalue weighted by atomic mass is 15.1. The van der Waals surface area contributed by atoms with Gasteiger partial charge in [0.05, 0.1) is 0 Å². The van der Waals surface area contributed by atoms with Crippen molar-refractivity contribution < 1.29 is 0 Å². The zero-order chi connectivity index (χ0) is 15.7. The van der Waals surface area contributed by atoms with E-state index in [1.807, 2.05) is 6.07 Å². The molecule has 0 fully saturated rings. The number of aromatic nitrogens is 2. The Bertz CT molecular complexity index is 410. The molecule has 1 aromatic heterocycles. The van der Waals surface area contributed by atoms with E-state index in [1.165, 1.54) is 25.7 Å². The van der Waals surface area contributed by atoms with Crippen molar-refractivity contribution in [3.8, 4) is 0 Å². The molecule has 2 N–H and O–H groups in total. The van der Waals surface area contributed by atoms with Gasteiger partial charge in [-0.1, -0.05) is 53.9 Å². The predicted molar refractivity (Wildman–Crippen MR) is 92.1 cm³/mol. The van der Waals surface area contributed by atoms with Gasteiger partial charge in [0.2, 0.25) is 0 Å². The molecule has 4 heteroatoms. The molecule has 1 rings (SSSR count). The summed E-state index contributed by atoms with van der Waals surface area (Å²) in [4.78, 5) is 9.31. The lowest BCUT2D eigenvalue weighted by Crippen LogP contribution is -2.19. The van der Waals surface area contributed by atoms with E-state index in [4.69, 9.17) is 0 Å². The van der Waals surface area contributed by atoms with E-state index in [0.717, 1.165) is 37.0 Å². The summed E-state index contributed by atoms with van der Waals surface area (Å²) in [5.41, 5.74) is -0.0391. The Hall–Kier alpha value is -1.32. The van der Waals surface area contributed by atoms with Crippen LogP contribution in [0.1, 0.15) is 72.5 Å². The highest BCUT2D eigenvalue weighted by Gasteiger charge is 2.19. The Labute approximate surface area is 130 Å². The van der Waals surface area contributed by atoms with Crippen LogP contribution in [0.25, 0.3) is 0 Å². The molecular weight excluding hydrogens is 260 g/mol. The van der Waals surface area contributed by atoms with Crippen LogP contribution in [0.3, 0.4) is 0 Å². The lowest BCUT2D eigenvalue weighted by atomic mass is 9.96. The summed E-state index contributed by atoms with van der Waals surface area (Å²) in [7, 11) is 0. The van der Waals surface area contributed by atoms with Crippen molar-refractivity contribution in [2.24, 2.45) is 0 Å². The first-order valence-electron chi connectivity index (χ1n) is 8.34. The molecule has 4 nitrogen and oxygen atoms in total. The summed E-state index contributed by atoms with van der Waals surface area (Å²) in [6, 6.07) is 2.02. The molecule has 0 bridgehead atoms. The molecule has 0 aliphatic rings. The van der Waals surface area contributed by atoms with Gasteiger partial charge in [-0.3, -0.25) is 0 Å². The first kappa shape index (κ1) is 17.7. The molecule has 0 radical (unpaired) electrons. The van der Waals surface area contributed by atoms with Crippen LogP contribution in [-0.4, -0.2) is 23.1 Å². The normalized spacial score (nSPS) is 11.5. The summed E-state index contributed by atoms with van der Waals surface area (Å²) in [5.74, 6) is 2.75. The van der Waals surface area contributed by atoms with E-state index in [9.17, 15) is 0 Å². The third-order valence-electron chi connectivity index (χ3n) is 3.29. The maximum atomic E-state index is 4.67. The van der Waals surface area contributed by atoms with Gasteiger partial charge in [0.25, 0.3) is 0 Å². The molecule has 0 aliphatic heterocycles. The van der Waals surface area contributed by atoms with Gasteiger partial charge in [-0.2, -0.15) is 0 Å². The van der Waals surface area contributed by atoms with Gasteiger partial charge in [-0.25, -0.2) is 9.97 Å². The van der Waals surface area contributed by atoms with Crippen LogP contribution in [0.5, 0.6) is 0 Å². The van der Waals surface area contributed by atoms with Gasteiger partial charge in [-0.15, -0.1) is 0 Å². The average molecular weight is 292 g/mol. The summed E-state index contributed by atoms with van der Waals surface area (Å²) < 4.78 is 0. The van der Waals surface area contributed by atoms with Crippen molar-refractivity contribution in [1.82, 2.24) is 9.97 Å². The maximum Gasteiger partial charge on any atom is 0.138 e. The zero-order valence-electron chi connectivity index (χ0n) is 14.4. The zero-order valence-corrected chi connectivity index (χ0v) is 14.4. The number of nitrogens with zero attached hydrogens (tertiary/aromatic N) is 2. The molecule has 0 atom stereocenters. The summed E-state index contributed by atoms with van der Waals surface area (Å²) >= 11 is 0. The monoisotopic (exact) mass is 292 g/mol. The molecular formula is C17H32N4. The van der Waals surface area contributed by atoms with Gasteiger partial charge in [0.1, 0.15) is 17.5 Å². The van der Waals surface area contributed by atoms with Crippen molar-refractivity contribution in [2.75, 3.05) is 23.7 Å². The van der Waals surface area contributed by atoms with Crippen molar-refractivity contribution in [1.29, 1.82) is 0 Å². The van der Waals surface area contributed by atoms with Gasteiger partial charge < -0.3 is 10.6 Å². The van der Waals surface area contributed by atoms with E-state index < -0.39 is 0 Å². The lowest BCUT2D eigenvalue weighted by molar-refractivity contribution is 0.546. The molecule has 0 unspecified atom stereocenters. The van der Waals surface area contributed by atoms with Crippen molar-refractivity contribution >= 4 is 11.6 Å². The first-order chi connectivity index (χ1) is 9.97. The maximum absolute atomic E-state index is 4.67. The Morgan fingerprint density at radius 1 is 0.857 bits per heavy atom. The highest BCUT2D eigenvalue weighted by Crippen LogP contribution is 2.22. The fourth-order valence-corrected chi connectivity index (χ4v) is 1.99. The summed E-state index contributed by atoms with van der Waals surface area (Å²) in [5, 5.41) is 6.81. The average Bonchev–Trinajstić information content (AvgIpc) is 2.44. The Kier molecular flexibility index (Phi) is 7.48. The van der Waals surface area contributed by atoms with Gasteiger partial charge >= 0.3 is 0 Å². The van der Waals surface area contributed by atoms with E-state index in [0.29, 0.717) is 0 Å². The number of nitrogens with one attached hydrogen (secondary N) is 2. The Balaban J connectivity index is 2.72. The predicted octanol–water partition coefficient (Wildman–Crippen LogP) is 4.59. The minimum atomic E-state index is -0.0391. The van der Waals surface area contributed by atoms with Crippen LogP contribution >= 0.6 is 0 Å². The number of unbranched alkanes of at least 4 members (excludes halogenated alkanes) is 3. The SMILES string of the molecule is CCCCCCNc1cc(NCCC)nc(C(C)(C)C)n1. The third kappa shape index (κ3) is 6.78. The van der Waals surface area contributed by atoms with Crippen LogP contribution in [0, 0.1) is 0 Å². The summed E-state index contributed by atoms with van der Waals surface area (Å²) in [6.45, 7) is 12.8. The van der Waals surface area contributed by atoms with Crippen LogP contribution in [0.4, 0.5) is 11.6 Å². The Morgan fingerprint density at radius 3 is 2.00 bits per heavy atom. The van der Waals surface area contributed by atoms with Gasteiger partial charge in [0.15, 0.2) is 0 Å². The van der Waals surface area contributed by atoms with Crippen LogP contribution in [-0.2, 0) is 5.41 Å². The molecule has 21 heavy (non-hydrogen) atoms. The molecule has 0 saturated heterocycles. The second-order valence-electron chi connectivity index (χ2n) is 6.63. The van der Waals surface area contributed by atoms with E-state index in [-0.39, 0.29) is 5.41 Å². The third-order valence-corrected chi connectivity index (χ3v) is 3.29. The molecule has 1 aromatic rings. The second kappa shape index (κ2) is 8.85. The minimum absolute atomic E-state index is 0.0391. The van der Waals surface area contributed by atoms with E-state index in [2.05, 4.69) is 55.2 Å².